The predicted molar refractivity (Wildman–Crippen MR) is 140 cm³/mol. The topological polar surface area (TPSA) is 116 Å². The summed E-state index contributed by atoms with van der Waals surface area (Å²) in [5.74, 6) is 0.667. The van der Waals surface area contributed by atoms with E-state index in [1.165, 1.54) is 4.80 Å². The van der Waals surface area contributed by atoms with E-state index in [1.54, 1.807) is 31.6 Å². The lowest BCUT2D eigenvalue weighted by molar-refractivity contribution is -0.145. The molecule has 0 saturated carbocycles. The van der Waals surface area contributed by atoms with E-state index < -0.39 is 5.97 Å². The molecule has 0 radical (unpaired) electrons. The van der Waals surface area contributed by atoms with Crippen LogP contribution in [-0.2, 0) is 9.53 Å². The molecular weight excluding hydrogens is 486 g/mol. The van der Waals surface area contributed by atoms with E-state index in [9.17, 15) is 9.59 Å². The number of hydrogen-bond donors (Lipinski definition) is 0. The van der Waals surface area contributed by atoms with E-state index in [0.717, 1.165) is 29.7 Å². The average Bonchev–Trinajstić information content (AvgIpc) is 3.35. The summed E-state index contributed by atoms with van der Waals surface area (Å²) in [5.41, 5.74) is 2.95. The largest absolute Gasteiger partial charge is 0.466 e. The van der Waals surface area contributed by atoms with Crippen LogP contribution in [0.25, 0.3) is 16.6 Å². The maximum absolute atomic E-state index is 13.6. The first-order chi connectivity index (χ1) is 18.5. The molecule has 0 unspecified atom stereocenters. The summed E-state index contributed by atoms with van der Waals surface area (Å²) in [4.78, 5) is 40.0. The molecule has 0 bridgehead atoms. The minimum absolute atomic E-state index is 0.0428. The van der Waals surface area contributed by atoms with Gasteiger partial charge in [-0.3, -0.25) is 4.79 Å². The van der Waals surface area contributed by atoms with Crippen molar-refractivity contribution in [1.82, 2.24) is 29.9 Å². The van der Waals surface area contributed by atoms with E-state index in [4.69, 9.17) is 9.47 Å². The summed E-state index contributed by atoms with van der Waals surface area (Å²) in [6.45, 7) is 6.37. The molecule has 4 aromatic rings. The van der Waals surface area contributed by atoms with E-state index in [1.807, 2.05) is 42.2 Å². The number of nitrogens with zero attached hydrogens (tertiary/aromatic N) is 7. The zero-order chi connectivity index (χ0) is 26.5. The number of anilines is 1. The molecule has 1 aliphatic heterocycles. The summed E-state index contributed by atoms with van der Waals surface area (Å²) in [6.07, 6.45) is 5.70. The number of esters is 1. The molecule has 5 rings (SSSR count). The molecule has 0 spiro atoms. The lowest BCUT2D eigenvalue weighted by atomic mass is 10.1. The van der Waals surface area contributed by atoms with Gasteiger partial charge in [0.25, 0.3) is 5.91 Å². The molecule has 3 aromatic heterocycles. The van der Waals surface area contributed by atoms with Gasteiger partial charge in [0, 0.05) is 43.8 Å². The third kappa shape index (κ3) is 5.41. The second-order valence-electron chi connectivity index (χ2n) is 8.92. The molecule has 1 saturated heterocycles. The van der Waals surface area contributed by atoms with Gasteiger partial charge in [-0.15, -0.1) is 0 Å². The molecule has 0 aliphatic carbocycles. The van der Waals surface area contributed by atoms with E-state index >= 15 is 0 Å². The maximum atomic E-state index is 13.6. The Morgan fingerprint density at radius 2 is 1.82 bits per heavy atom. The highest BCUT2D eigenvalue weighted by Gasteiger charge is 2.25. The fraction of sp³-hybridized carbons (Fsp3) is 0.333. The number of benzene rings is 1. The molecule has 1 aromatic carbocycles. The van der Waals surface area contributed by atoms with Crippen LogP contribution >= 0.6 is 0 Å². The van der Waals surface area contributed by atoms with Gasteiger partial charge in [0.1, 0.15) is 5.82 Å². The van der Waals surface area contributed by atoms with Crippen LogP contribution in [0.4, 0.5) is 5.82 Å². The van der Waals surface area contributed by atoms with Crippen LogP contribution < -0.4 is 9.64 Å². The van der Waals surface area contributed by atoms with Crippen molar-refractivity contribution in [3.05, 3.63) is 66.1 Å². The number of aryl methyl sites for hydroxylation is 1. The Labute approximate surface area is 220 Å². The number of carbonyl (C=O) groups excluding carboxylic acids is 2. The Kier molecular flexibility index (Phi) is 7.43. The normalized spacial score (nSPS) is 13.8. The van der Waals surface area contributed by atoms with Crippen LogP contribution in [0.1, 0.15) is 29.3 Å². The van der Waals surface area contributed by atoms with Gasteiger partial charge in [0.2, 0.25) is 5.88 Å². The number of amides is 1. The summed E-state index contributed by atoms with van der Waals surface area (Å²) in [5, 5.41) is 9.31. The van der Waals surface area contributed by atoms with Gasteiger partial charge in [-0.1, -0.05) is 11.6 Å². The van der Waals surface area contributed by atoms with Gasteiger partial charge < -0.3 is 19.3 Å². The van der Waals surface area contributed by atoms with E-state index in [2.05, 4.69) is 25.1 Å². The smallest absolute Gasteiger partial charge is 0.344 e. The van der Waals surface area contributed by atoms with E-state index in [-0.39, 0.29) is 12.5 Å². The summed E-state index contributed by atoms with van der Waals surface area (Å²) in [6, 6.07) is 11.2. The van der Waals surface area contributed by atoms with Crippen LogP contribution in [-0.4, -0.2) is 81.1 Å². The standard InChI is InChI=1S/C27H29N7O4/c1-3-37-25(35)18-38-24-8-6-20-22(31-24)9-10-28-26(20)32-13-4-14-33(16-15-32)27(36)21-17-19(2)5-7-23(21)34-29-11-12-30-34/h5-12,17H,3-4,13-16,18H2,1-2H3. The van der Waals surface area contributed by atoms with Crippen LogP contribution in [0.2, 0.25) is 0 Å². The maximum Gasteiger partial charge on any atom is 0.344 e. The van der Waals surface area contributed by atoms with Crippen molar-refractivity contribution >= 4 is 28.6 Å². The third-order valence-electron chi connectivity index (χ3n) is 6.31. The molecule has 1 aliphatic rings. The molecule has 1 fully saturated rings. The third-order valence-corrected chi connectivity index (χ3v) is 6.31. The van der Waals surface area contributed by atoms with Crippen LogP contribution in [0.3, 0.4) is 0 Å². The number of fused-ring (bicyclic) bond motifs is 1. The Morgan fingerprint density at radius 1 is 0.974 bits per heavy atom. The quantitative estimate of drug-likeness (QED) is 0.343. The van der Waals surface area contributed by atoms with Crippen LogP contribution in [0, 0.1) is 6.92 Å². The molecule has 1 amide bonds. The highest BCUT2D eigenvalue weighted by molar-refractivity contribution is 5.98. The van der Waals surface area contributed by atoms with Gasteiger partial charge >= 0.3 is 5.97 Å². The summed E-state index contributed by atoms with van der Waals surface area (Å²) in [7, 11) is 0. The summed E-state index contributed by atoms with van der Waals surface area (Å²) >= 11 is 0. The first kappa shape index (κ1) is 25.1. The van der Waals surface area contributed by atoms with Crippen molar-refractivity contribution in [3.63, 3.8) is 0 Å². The molecule has 38 heavy (non-hydrogen) atoms. The number of carbonyl (C=O) groups is 2. The van der Waals surface area contributed by atoms with Crippen LogP contribution in [0.15, 0.2) is 55.0 Å². The zero-order valence-corrected chi connectivity index (χ0v) is 21.4. The van der Waals surface area contributed by atoms with Gasteiger partial charge in [-0.2, -0.15) is 15.0 Å². The second-order valence-corrected chi connectivity index (χ2v) is 8.92. The molecule has 11 nitrogen and oxygen atoms in total. The van der Waals surface area contributed by atoms with Crippen molar-refractivity contribution < 1.29 is 19.1 Å². The number of ether oxygens (including phenoxy) is 2. The second kappa shape index (κ2) is 11.2. The zero-order valence-electron chi connectivity index (χ0n) is 21.4. The average molecular weight is 516 g/mol. The highest BCUT2D eigenvalue weighted by Crippen LogP contribution is 2.27. The molecular formula is C27H29N7O4. The number of aromatic nitrogens is 5. The lowest BCUT2D eigenvalue weighted by Gasteiger charge is -2.24. The Morgan fingerprint density at radius 3 is 2.63 bits per heavy atom. The molecule has 11 heteroatoms. The first-order valence-electron chi connectivity index (χ1n) is 12.6. The fourth-order valence-electron chi connectivity index (χ4n) is 4.53. The van der Waals surface area contributed by atoms with Gasteiger partial charge in [-0.25, -0.2) is 14.8 Å². The minimum atomic E-state index is -0.438. The van der Waals surface area contributed by atoms with Gasteiger partial charge in [0.15, 0.2) is 6.61 Å². The van der Waals surface area contributed by atoms with Crippen molar-refractivity contribution in [2.45, 2.75) is 20.3 Å². The number of rotatable bonds is 7. The van der Waals surface area contributed by atoms with Crippen LogP contribution in [0.5, 0.6) is 5.88 Å². The van der Waals surface area contributed by atoms with Crippen molar-refractivity contribution in [1.29, 1.82) is 0 Å². The first-order valence-corrected chi connectivity index (χ1v) is 12.6. The molecule has 4 heterocycles. The Bertz CT molecular complexity index is 1440. The highest BCUT2D eigenvalue weighted by atomic mass is 16.6. The Balaban J connectivity index is 1.32. The monoisotopic (exact) mass is 515 g/mol. The van der Waals surface area contributed by atoms with Gasteiger partial charge in [0.05, 0.1) is 35.8 Å². The fourth-order valence-corrected chi connectivity index (χ4v) is 4.53. The van der Waals surface area contributed by atoms with Crippen molar-refractivity contribution in [3.8, 4) is 11.6 Å². The number of pyridine rings is 2. The molecule has 0 atom stereocenters. The Hall–Kier alpha value is -4.54. The summed E-state index contributed by atoms with van der Waals surface area (Å²) < 4.78 is 10.4. The molecule has 0 N–H and O–H groups in total. The predicted octanol–water partition coefficient (Wildman–Crippen LogP) is 2.81. The number of hydrogen-bond acceptors (Lipinski definition) is 9. The SMILES string of the molecule is CCOC(=O)COc1ccc2c(N3CCCN(C(=O)c4cc(C)ccc4-n4nccn4)CC3)nccc2n1. The molecule has 196 valence electrons. The van der Waals surface area contributed by atoms with E-state index in [0.29, 0.717) is 48.9 Å². The minimum Gasteiger partial charge on any atom is -0.466 e. The van der Waals surface area contributed by atoms with Crippen molar-refractivity contribution in [2.75, 3.05) is 44.3 Å². The van der Waals surface area contributed by atoms with Crippen molar-refractivity contribution in [2.24, 2.45) is 0 Å². The van der Waals surface area contributed by atoms with Gasteiger partial charge in [-0.05, 0) is 44.5 Å². The lowest BCUT2D eigenvalue weighted by Crippen LogP contribution is -2.36.